The molecule has 0 spiro atoms. The molecule has 3 aliphatic carbocycles. The number of aromatic nitrogens is 2. The lowest BCUT2D eigenvalue weighted by molar-refractivity contribution is -0.165. The van der Waals surface area contributed by atoms with E-state index >= 15 is 0 Å². The summed E-state index contributed by atoms with van der Waals surface area (Å²) in [6.07, 6.45) is 10.4. The van der Waals surface area contributed by atoms with Crippen molar-refractivity contribution >= 4 is 29.2 Å². The van der Waals surface area contributed by atoms with Crippen LogP contribution in [-0.2, 0) is 14.2 Å². The fraction of sp³-hybridized carbons (Fsp3) is 0.606. The minimum Gasteiger partial charge on any atom is -0.444 e. The van der Waals surface area contributed by atoms with Gasteiger partial charge in [0.2, 0.25) is 0 Å². The highest BCUT2D eigenvalue weighted by Crippen LogP contribution is 2.51. The van der Waals surface area contributed by atoms with Gasteiger partial charge < -0.3 is 14.2 Å². The van der Waals surface area contributed by atoms with Crippen molar-refractivity contribution in [1.29, 1.82) is 0 Å². The number of amides is 1. The van der Waals surface area contributed by atoms with Crippen LogP contribution in [0.4, 0.5) is 18.0 Å². The summed E-state index contributed by atoms with van der Waals surface area (Å²) in [7, 11) is 0. The molecule has 1 aliphatic heterocycles. The van der Waals surface area contributed by atoms with E-state index in [-0.39, 0.29) is 19.1 Å². The Hall–Kier alpha value is -2.41. The van der Waals surface area contributed by atoms with E-state index in [1.807, 2.05) is 24.3 Å². The first-order chi connectivity index (χ1) is 21.1. The number of rotatable bonds is 7. The van der Waals surface area contributed by atoms with Crippen molar-refractivity contribution in [2.75, 3.05) is 13.2 Å². The zero-order valence-corrected chi connectivity index (χ0v) is 28.2. The Morgan fingerprint density at radius 1 is 1.16 bits per heavy atom. The molecule has 12 heteroatoms. The van der Waals surface area contributed by atoms with Gasteiger partial charge in [0.15, 0.2) is 0 Å². The van der Waals surface area contributed by atoms with Gasteiger partial charge >= 0.3 is 12.3 Å². The molecule has 2 heterocycles. The predicted octanol–water partition coefficient (Wildman–Crippen LogP) is 9.01. The van der Waals surface area contributed by atoms with Crippen molar-refractivity contribution in [2.24, 2.45) is 11.8 Å². The molecule has 1 aromatic rings. The molecule has 0 N–H and O–H groups in total. The number of carbonyl (C=O) groups is 1. The van der Waals surface area contributed by atoms with E-state index in [0.717, 1.165) is 11.3 Å². The number of ether oxygens (including phenoxy) is 3. The largest absolute Gasteiger partial charge is 0.444 e. The first-order valence-electron chi connectivity index (χ1n) is 15.4. The summed E-state index contributed by atoms with van der Waals surface area (Å²) in [6.45, 7) is 11.8. The summed E-state index contributed by atoms with van der Waals surface area (Å²) in [4.78, 5) is 15.8. The first kappa shape index (κ1) is 33.9. The van der Waals surface area contributed by atoms with Crippen molar-refractivity contribution in [3.05, 3.63) is 67.9 Å². The Bertz CT molecular complexity index is 1410. The van der Waals surface area contributed by atoms with Crippen LogP contribution in [0.3, 0.4) is 0 Å². The van der Waals surface area contributed by atoms with Gasteiger partial charge in [-0.2, -0.15) is 13.2 Å². The molecule has 0 radical (unpaired) electrons. The Morgan fingerprint density at radius 2 is 1.91 bits per heavy atom. The van der Waals surface area contributed by atoms with E-state index in [2.05, 4.69) is 29.3 Å². The van der Waals surface area contributed by atoms with Gasteiger partial charge in [-0.3, -0.25) is 4.90 Å². The summed E-state index contributed by atoms with van der Waals surface area (Å²) in [5.41, 5.74) is -0.408. The molecule has 1 amide bonds. The van der Waals surface area contributed by atoms with Gasteiger partial charge in [0.05, 0.1) is 25.2 Å². The summed E-state index contributed by atoms with van der Waals surface area (Å²) in [5.74, 6) is -1.62. The lowest BCUT2D eigenvalue weighted by atomic mass is 9.86. The molecular weight excluding hydrogens is 624 g/mol. The maximum atomic E-state index is 14.5. The molecule has 45 heavy (non-hydrogen) atoms. The van der Waals surface area contributed by atoms with E-state index in [4.69, 9.17) is 14.2 Å². The minimum absolute atomic E-state index is 0.109. The Balaban J connectivity index is 1.26. The summed E-state index contributed by atoms with van der Waals surface area (Å²) in [5, 5.41) is 9.69. The van der Waals surface area contributed by atoms with Crippen molar-refractivity contribution in [3.63, 3.8) is 0 Å². The lowest BCUT2D eigenvalue weighted by Crippen LogP contribution is -2.47. The van der Waals surface area contributed by atoms with Gasteiger partial charge in [-0.15, -0.1) is 10.2 Å². The van der Waals surface area contributed by atoms with Crippen molar-refractivity contribution in [1.82, 2.24) is 15.1 Å². The van der Waals surface area contributed by atoms with Gasteiger partial charge in [0.1, 0.15) is 27.4 Å². The number of hydrogen-bond donors (Lipinski definition) is 0. The lowest BCUT2D eigenvalue weighted by Gasteiger charge is -2.34. The third kappa shape index (κ3) is 8.31. The molecular formula is C33H42F3N3O4S2. The molecule has 4 aliphatic rings. The smallest absolute Gasteiger partial charge is 0.413 e. The Labute approximate surface area is 271 Å². The SMILES string of the molecule is CC1CC=CC=C1COC1C=CC=C(SC2=CCC(c3nnc([C@@H]4COC(C)(C)N4C(=O)OC(C)(C)C)s3)CC2C(F)(F)F)C1. The highest BCUT2D eigenvalue weighted by atomic mass is 32.2. The van der Waals surface area contributed by atoms with E-state index < -0.39 is 41.5 Å². The van der Waals surface area contributed by atoms with Crippen LogP contribution in [0.1, 0.15) is 89.2 Å². The standard InChI is InChI=1S/C33H42F3N3O4S2/c1-20-10-7-8-11-22(20)18-41-23-12-9-13-24(17-23)44-27-15-14-21(16-25(27)33(34,35)36)28-37-38-29(45-28)26-19-42-32(5,6)39(26)30(40)43-31(2,3)4/h7-9,11-13,15,20-21,23,25-26H,10,14,16-19H2,1-6H3/t20?,21?,23?,25?,26-/m0/s1. The van der Waals surface area contributed by atoms with Crippen LogP contribution in [0.25, 0.3) is 0 Å². The number of allylic oxidation sites excluding steroid dienone is 7. The highest BCUT2D eigenvalue weighted by Gasteiger charge is 2.49. The number of thioether (sulfide) groups is 1. The third-order valence-electron chi connectivity index (χ3n) is 8.32. The molecule has 1 saturated heterocycles. The van der Waals surface area contributed by atoms with Gasteiger partial charge in [-0.1, -0.05) is 72.6 Å². The fourth-order valence-electron chi connectivity index (χ4n) is 5.84. The van der Waals surface area contributed by atoms with Gasteiger partial charge in [0, 0.05) is 12.3 Å². The normalized spacial score (nSPS) is 28.5. The second-order valence-electron chi connectivity index (χ2n) is 13.5. The zero-order chi connectivity index (χ0) is 32.6. The van der Waals surface area contributed by atoms with E-state index in [9.17, 15) is 18.0 Å². The number of nitrogens with zero attached hydrogens (tertiary/aromatic N) is 3. The van der Waals surface area contributed by atoms with Crippen molar-refractivity contribution in [2.45, 2.75) is 103 Å². The van der Waals surface area contributed by atoms with Crippen LogP contribution < -0.4 is 0 Å². The summed E-state index contributed by atoms with van der Waals surface area (Å²) in [6, 6.07) is -0.541. The summed E-state index contributed by atoms with van der Waals surface area (Å²) < 4.78 is 61.0. The number of alkyl halides is 3. The van der Waals surface area contributed by atoms with E-state index in [0.29, 0.717) is 40.3 Å². The average Bonchev–Trinajstić information content (AvgIpc) is 3.55. The molecule has 0 saturated carbocycles. The average molecular weight is 666 g/mol. The molecule has 0 aromatic carbocycles. The Kier molecular flexibility index (Phi) is 10.1. The molecule has 246 valence electrons. The second-order valence-corrected chi connectivity index (χ2v) is 15.7. The number of halogens is 3. The molecule has 1 aromatic heterocycles. The first-order valence-corrected chi connectivity index (χ1v) is 17.0. The molecule has 1 fully saturated rings. The molecule has 7 nitrogen and oxygen atoms in total. The molecule has 5 atom stereocenters. The van der Waals surface area contributed by atoms with Crippen LogP contribution in [0.5, 0.6) is 0 Å². The van der Waals surface area contributed by atoms with E-state index in [1.54, 1.807) is 40.7 Å². The maximum absolute atomic E-state index is 14.5. The monoisotopic (exact) mass is 665 g/mol. The quantitative estimate of drug-likeness (QED) is 0.288. The maximum Gasteiger partial charge on any atom is 0.413 e. The van der Waals surface area contributed by atoms with Crippen LogP contribution in [0, 0.1) is 11.8 Å². The number of hydrogen-bond acceptors (Lipinski definition) is 8. The summed E-state index contributed by atoms with van der Waals surface area (Å²) >= 11 is 2.45. The van der Waals surface area contributed by atoms with E-state index in [1.165, 1.54) is 33.6 Å². The van der Waals surface area contributed by atoms with Crippen molar-refractivity contribution in [3.8, 4) is 0 Å². The Morgan fingerprint density at radius 3 is 2.62 bits per heavy atom. The van der Waals surface area contributed by atoms with Crippen LogP contribution >= 0.6 is 23.1 Å². The van der Waals surface area contributed by atoms with Crippen LogP contribution in [0.2, 0.25) is 0 Å². The van der Waals surface area contributed by atoms with Gasteiger partial charge in [0.25, 0.3) is 0 Å². The van der Waals surface area contributed by atoms with Crippen molar-refractivity contribution < 1.29 is 32.2 Å². The third-order valence-corrected chi connectivity index (χ3v) is 10.8. The second kappa shape index (κ2) is 13.4. The fourth-order valence-corrected chi connectivity index (χ4v) is 8.14. The number of carbonyl (C=O) groups excluding carboxylic acids is 1. The zero-order valence-electron chi connectivity index (χ0n) is 26.6. The van der Waals surface area contributed by atoms with Gasteiger partial charge in [-0.25, -0.2) is 4.79 Å². The molecule has 0 bridgehead atoms. The van der Waals surface area contributed by atoms with Crippen LogP contribution in [-0.4, -0.2) is 58.0 Å². The van der Waals surface area contributed by atoms with Crippen LogP contribution in [0.15, 0.2) is 57.9 Å². The van der Waals surface area contributed by atoms with Gasteiger partial charge in [-0.05, 0) is 75.2 Å². The highest BCUT2D eigenvalue weighted by molar-refractivity contribution is 8.06. The molecule has 4 unspecified atom stereocenters. The molecule has 5 rings (SSSR count). The predicted molar refractivity (Wildman–Crippen MR) is 171 cm³/mol. The topological polar surface area (TPSA) is 73.8 Å². The minimum atomic E-state index is -4.40.